The number of hydrogen-bond donors (Lipinski definition) is 0. The summed E-state index contributed by atoms with van der Waals surface area (Å²) in [5.41, 5.74) is 3.47. The maximum Gasteiger partial charge on any atom is 0.177 e. The monoisotopic (exact) mass is 350 g/mol. The fraction of sp³-hybridized carbons (Fsp3) is 0.368. The minimum absolute atomic E-state index is 0.111. The Bertz CT molecular complexity index is 925. The first kappa shape index (κ1) is 16.7. The summed E-state index contributed by atoms with van der Waals surface area (Å²) < 4.78 is 7.36. The zero-order valence-corrected chi connectivity index (χ0v) is 15.3. The van der Waals surface area contributed by atoms with Crippen molar-refractivity contribution in [2.75, 3.05) is 18.6 Å². The molecule has 26 heavy (non-hydrogen) atoms. The largest absolute Gasteiger partial charge is 0.362 e. The van der Waals surface area contributed by atoms with Crippen LogP contribution < -0.4 is 4.90 Å². The third-order valence-corrected chi connectivity index (χ3v) is 4.65. The first-order valence-corrected chi connectivity index (χ1v) is 8.79. The normalized spacial score (nSPS) is 17.7. The number of aryl methyl sites for hydroxylation is 2. The van der Waals surface area contributed by atoms with E-state index in [9.17, 15) is 0 Å². The molecule has 0 bridgehead atoms. The van der Waals surface area contributed by atoms with Gasteiger partial charge in [-0.2, -0.15) is 0 Å². The van der Waals surface area contributed by atoms with Crippen LogP contribution in [0.3, 0.4) is 0 Å². The predicted molar refractivity (Wildman–Crippen MR) is 101 cm³/mol. The van der Waals surface area contributed by atoms with Gasteiger partial charge in [0.1, 0.15) is 12.0 Å². The van der Waals surface area contributed by atoms with Gasteiger partial charge in [0.2, 0.25) is 0 Å². The van der Waals surface area contributed by atoms with Crippen LogP contribution in [0.2, 0.25) is 0 Å². The molecule has 0 saturated carbocycles. The van der Waals surface area contributed by atoms with Gasteiger partial charge in [-0.3, -0.25) is 4.98 Å². The van der Waals surface area contributed by atoms with Gasteiger partial charge < -0.3 is 9.64 Å². The fourth-order valence-electron chi connectivity index (χ4n) is 3.28. The maximum atomic E-state index is 5.54. The number of hydrogen-bond acceptors (Lipinski definition) is 6. The van der Waals surface area contributed by atoms with E-state index >= 15 is 0 Å². The summed E-state index contributed by atoms with van der Waals surface area (Å²) in [5.74, 6) is 1.59. The van der Waals surface area contributed by atoms with Crippen LogP contribution in [0.4, 0.5) is 5.82 Å². The van der Waals surface area contributed by atoms with Crippen molar-refractivity contribution in [1.82, 2.24) is 24.6 Å². The van der Waals surface area contributed by atoms with E-state index < -0.39 is 0 Å². The third-order valence-electron chi connectivity index (χ3n) is 4.65. The van der Waals surface area contributed by atoms with Crippen molar-refractivity contribution in [3.63, 3.8) is 0 Å². The molecule has 134 valence electrons. The van der Waals surface area contributed by atoms with E-state index in [1.165, 1.54) is 0 Å². The summed E-state index contributed by atoms with van der Waals surface area (Å²) in [5, 5.41) is 4.53. The summed E-state index contributed by atoms with van der Waals surface area (Å²) in [7, 11) is 1.75. The molecule has 1 unspecified atom stereocenters. The molecule has 4 heterocycles. The number of fused-ring (bicyclic) bond motifs is 1. The molecule has 1 atom stereocenters. The van der Waals surface area contributed by atoms with Crippen LogP contribution in [0.25, 0.3) is 17.8 Å². The molecule has 0 radical (unpaired) electrons. The predicted octanol–water partition coefficient (Wildman–Crippen LogP) is 2.88. The van der Waals surface area contributed by atoms with Gasteiger partial charge in [-0.25, -0.2) is 14.5 Å². The van der Waals surface area contributed by atoms with Crippen molar-refractivity contribution in [1.29, 1.82) is 0 Å². The lowest BCUT2D eigenvalue weighted by Crippen LogP contribution is -2.31. The average molecular weight is 350 g/mol. The molecular weight excluding hydrogens is 328 g/mol. The first-order chi connectivity index (χ1) is 12.7. The number of anilines is 1. The molecule has 1 aliphatic heterocycles. The lowest BCUT2D eigenvalue weighted by atomic mass is 10.3. The maximum absolute atomic E-state index is 5.54. The lowest BCUT2D eigenvalue weighted by molar-refractivity contribution is 0.111. The SMILES string of the molecule is COC1CCCN1c1cccc(C=Cc2nc3c(C)ncc(C)n3n2)n1. The van der Waals surface area contributed by atoms with Crippen LogP contribution in [0.1, 0.15) is 35.7 Å². The molecule has 7 nitrogen and oxygen atoms in total. The molecule has 3 aromatic heterocycles. The zero-order valence-electron chi connectivity index (χ0n) is 15.3. The molecule has 0 amide bonds. The smallest absolute Gasteiger partial charge is 0.177 e. The van der Waals surface area contributed by atoms with E-state index in [1.54, 1.807) is 13.3 Å². The van der Waals surface area contributed by atoms with Crippen molar-refractivity contribution in [3.8, 4) is 0 Å². The minimum atomic E-state index is 0.111. The Morgan fingerprint density at radius 3 is 2.88 bits per heavy atom. The summed E-state index contributed by atoms with van der Waals surface area (Å²) >= 11 is 0. The van der Waals surface area contributed by atoms with Crippen LogP contribution in [0.15, 0.2) is 24.4 Å². The van der Waals surface area contributed by atoms with E-state index in [1.807, 2.05) is 48.7 Å². The Balaban J connectivity index is 1.60. The Morgan fingerprint density at radius 2 is 2.08 bits per heavy atom. The second-order valence-electron chi connectivity index (χ2n) is 6.47. The molecule has 0 aromatic carbocycles. The van der Waals surface area contributed by atoms with Crippen LogP contribution in [0, 0.1) is 13.8 Å². The second kappa shape index (κ2) is 6.84. The van der Waals surface area contributed by atoms with Gasteiger partial charge in [0.05, 0.1) is 17.1 Å². The van der Waals surface area contributed by atoms with Crippen LogP contribution in [-0.2, 0) is 4.74 Å². The highest BCUT2D eigenvalue weighted by molar-refractivity contribution is 5.66. The van der Waals surface area contributed by atoms with E-state index in [0.717, 1.165) is 47.9 Å². The minimum Gasteiger partial charge on any atom is -0.362 e. The van der Waals surface area contributed by atoms with Gasteiger partial charge in [-0.05, 0) is 51.0 Å². The fourth-order valence-corrected chi connectivity index (χ4v) is 3.28. The van der Waals surface area contributed by atoms with Gasteiger partial charge in [0.15, 0.2) is 11.5 Å². The Hall–Kier alpha value is -2.80. The Kier molecular flexibility index (Phi) is 4.38. The second-order valence-corrected chi connectivity index (χ2v) is 6.47. The van der Waals surface area contributed by atoms with Gasteiger partial charge in [0.25, 0.3) is 0 Å². The number of ether oxygens (including phenoxy) is 1. The summed E-state index contributed by atoms with van der Waals surface area (Å²) in [6, 6.07) is 6.02. The number of nitrogens with zero attached hydrogens (tertiary/aromatic N) is 6. The van der Waals surface area contributed by atoms with E-state index in [-0.39, 0.29) is 6.23 Å². The molecule has 1 aliphatic rings. The van der Waals surface area contributed by atoms with Gasteiger partial charge in [0, 0.05) is 19.9 Å². The molecular formula is C19H22N6O. The molecule has 1 saturated heterocycles. The molecule has 0 spiro atoms. The standard InChI is InChI=1S/C19H22N6O/c1-13-12-20-14(2)19-22-16(23-25(13)19)10-9-15-6-4-7-17(21-15)24-11-5-8-18(24)26-3/h4,6-7,9-10,12,18H,5,8,11H2,1-3H3. The van der Waals surface area contributed by atoms with Crippen molar-refractivity contribution in [3.05, 3.63) is 47.3 Å². The van der Waals surface area contributed by atoms with E-state index in [2.05, 4.69) is 20.0 Å². The summed E-state index contributed by atoms with van der Waals surface area (Å²) in [4.78, 5) is 15.8. The van der Waals surface area contributed by atoms with E-state index in [0.29, 0.717) is 5.82 Å². The number of pyridine rings is 1. The molecule has 3 aromatic rings. The lowest BCUT2D eigenvalue weighted by Gasteiger charge is -2.24. The van der Waals surface area contributed by atoms with Gasteiger partial charge in [-0.1, -0.05) is 6.07 Å². The summed E-state index contributed by atoms with van der Waals surface area (Å²) in [6.07, 6.45) is 7.90. The third kappa shape index (κ3) is 3.06. The Morgan fingerprint density at radius 1 is 1.19 bits per heavy atom. The van der Waals surface area contributed by atoms with Crippen molar-refractivity contribution in [2.24, 2.45) is 0 Å². The average Bonchev–Trinajstić information content (AvgIpc) is 3.30. The van der Waals surface area contributed by atoms with Crippen molar-refractivity contribution >= 4 is 23.6 Å². The molecule has 1 fully saturated rings. The van der Waals surface area contributed by atoms with Crippen LogP contribution >= 0.6 is 0 Å². The zero-order chi connectivity index (χ0) is 18.1. The molecule has 0 N–H and O–H groups in total. The van der Waals surface area contributed by atoms with Gasteiger partial charge in [-0.15, -0.1) is 5.10 Å². The first-order valence-electron chi connectivity index (χ1n) is 8.79. The molecule has 4 rings (SSSR count). The van der Waals surface area contributed by atoms with Crippen LogP contribution in [-0.4, -0.2) is 44.4 Å². The topological polar surface area (TPSA) is 68.4 Å². The molecule has 7 heteroatoms. The highest BCUT2D eigenvalue weighted by atomic mass is 16.5. The Labute approximate surface area is 152 Å². The van der Waals surface area contributed by atoms with E-state index in [4.69, 9.17) is 9.72 Å². The number of rotatable bonds is 4. The number of aromatic nitrogens is 5. The highest BCUT2D eigenvalue weighted by Gasteiger charge is 2.25. The van der Waals surface area contributed by atoms with Crippen LogP contribution in [0.5, 0.6) is 0 Å². The van der Waals surface area contributed by atoms with Crippen molar-refractivity contribution in [2.45, 2.75) is 32.9 Å². The number of methoxy groups -OCH3 is 1. The molecule has 0 aliphatic carbocycles. The van der Waals surface area contributed by atoms with Crippen molar-refractivity contribution < 1.29 is 4.74 Å². The highest BCUT2D eigenvalue weighted by Crippen LogP contribution is 2.24. The van der Waals surface area contributed by atoms with Gasteiger partial charge >= 0.3 is 0 Å². The quantitative estimate of drug-likeness (QED) is 0.721. The summed E-state index contributed by atoms with van der Waals surface area (Å²) in [6.45, 7) is 4.87.